The third kappa shape index (κ3) is 3.72. The molecule has 0 N–H and O–H groups in total. The first-order chi connectivity index (χ1) is 15.4. The molecule has 0 radical (unpaired) electrons. The van der Waals surface area contributed by atoms with Crippen LogP contribution in [0.15, 0.2) is 59.8 Å². The van der Waals surface area contributed by atoms with Gasteiger partial charge in [-0.3, -0.25) is 9.17 Å². The topological polar surface area (TPSA) is 86.6 Å². The van der Waals surface area contributed by atoms with Gasteiger partial charge in [-0.15, -0.1) is 0 Å². The van der Waals surface area contributed by atoms with Gasteiger partial charge in [-0.05, 0) is 37.3 Å². The maximum Gasteiger partial charge on any atom is 0.297 e. The van der Waals surface area contributed by atoms with Crippen molar-refractivity contribution in [2.24, 2.45) is 7.05 Å². The van der Waals surface area contributed by atoms with E-state index >= 15 is 0 Å². The molecule has 3 aromatic heterocycles. The molecule has 1 fully saturated rings. The molecule has 4 heterocycles. The van der Waals surface area contributed by atoms with Crippen molar-refractivity contribution in [3.63, 3.8) is 0 Å². The maximum atomic E-state index is 12.6. The molecule has 0 aliphatic carbocycles. The molecule has 1 unspecified atom stereocenters. The van der Waals surface area contributed by atoms with E-state index in [1.165, 1.54) is 0 Å². The third-order valence-electron chi connectivity index (χ3n) is 5.87. The molecule has 5 rings (SSSR count). The van der Waals surface area contributed by atoms with Gasteiger partial charge in [0.1, 0.15) is 11.5 Å². The summed E-state index contributed by atoms with van der Waals surface area (Å²) in [4.78, 5) is 11.3. The van der Waals surface area contributed by atoms with Crippen molar-refractivity contribution >= 4 is 37.9 Å². The number of hydrogen-bond acceptors (Lipinski definition) is 7. The van der Waals surface area contributed by atoms with Crippen molar-refractivity contribution in [1.29, 1.82) is 0 Å². The summed E-state index contributed by atoms with van der Waals surface area (Å²) in [5, 5.41) is 2.08. The number of anilines is 1. The molecule has 1 aromatic carbocycles. The Morgan fingerprint density at radius 1 is 1.12 bits per heavy atom. The Bertz CT molecular complexity index is 1380. The molecule has 1 aliphatic heterocycles. The lowest BCUT2D eigenvalue weighted by Gasteiger charge is -2.36. The van der Waals surface area contributed by atoms with Crippen LogP contribution in [0.5, 0.6) is 0 Å². The minimum atomic E-state index is -3.85. The lowest BCUT2D eigenvalue weighted by Crippen LogP contribution is -2.48. The van der Waals surface area contributed by atoms with E-state index in [1.54, 1.807) is 30.5 Å². The Hall–Kier alpha value is -3.01. The number of pyridine rings is 2. The minimum Gasteiger partial charge on any atom is -0.377 e. The summed E-state index contributed by atoms with van der Waals surface area (Å²) in [5.41, 5.74) is 2.90. The lowest BCUT2D eigenvalue weighted by atomic mass is 10.2. The van der Waals surface area contributed by atoms with Gasteiger partial charge >= 0.3 is 0 Å². The van der Waals surface area contributed by atoms with Crippen molar-refractivity contribution in [3.05, 3.63) is 60.4 Å². The Morgan fingerprint density at radius 2 is 1.94 bits per heavy atom. The van der Waals surface area contributed by atoms with E-state index in [-0.39, 0.29) is 17.5 Å². The molecule has 0 saturated carbocycles. The van der Waals surface area contributed by atoms with E-state index in [4.69, 9.17) is 13.9 Å². The molecule has 1 aliphatic rings. The first-order valence-electron chi connectivity index (χ1n) is 10.4. The van der Waals surface area contributed by atoms with Gasteiger partial charge in [0.2, 0.25) is 0 Å². The van der Waals surface area contributed by atoms with Crippen LogP contribution in [0.2, 0.25) is 0 Å². The van der Waals surface area contributed by atoms with Crippen LogP contribution in [0.4, 0.5) is 5.82 Å². The summed E-state index contributed by atoms with van der Waals surface area (Å²) in [6.45, 7) is 3.39. The second-order valence-electron chi connectivity index (χ2n) is 7.97. The number of aryl methyl sites for hydroxylation is 2. The molecule has 4 aromatic rings. The molecular weight excluding hydrogens is 428 g/mol. The van der Waals surface area contributed by atoms with E-state index in [0.717, 1.165) is 33.3 Å². The largest absolute Gasteiger partial charge is 0.377 e. The summed E-state index contributed by atoms with van der Waals surface area (Å²) in [5.74, 6) is 0.765. The Kier molecular flexibility index (Phi) is 5.32. The van der Waals surface area contributed by atoms with Gasteiger partial charge in [-0.25, -0.2) is 4.98 Å². The number of ether oxygens (including phenoxy) is 1. The molecule has 166 valence electrons. The Labute approximate surface area is 186 Å². The number of benzene rings is 1. The molecule has 0 bridgehead atoms. The first-order valence-corrected chi connectivity index (χ1v) is 11.8. The zero-order valence-corrected chi connectivity index (χ0v) is 18.7. The Balaban J connectivity index is 1.42. The van der Waals surface area contributed by atoms with E-state index in [9.17, 15) is 8.42 Å². The number of nitrogens with zero attached hydrogens (tertiary/aromatic N) is 4. The van der Waals surface area contributed by atoms with Crippen molar-refractivity contribution in [2.45, 2.75) is 17.9 Å². The van der Waals surface area contributed by atoms with Crippen LogP contribution in [-0.2, 0) is 26.1 Å². The van der Waals surface area contributed by atoms with Crippen LogP contribution < -0.4 is 4.90 Å². The SMILES string of the molecule is Cc1ccc(S(=O)(=O)OCC2COCCN2c2ccc3c4cnccc4n(C)c3n2)cc1. The summed E-state index contributed by atoms with van der Waals surface area (Å²) >= 11 is 0. The van der Waals surface area contributed by atoms with E-state index < -0.39 is 10.1 Å². The van der Waals surface area contributed by atoms with Crippen molar-refractivity contribution in [2.75, 3.05) is 31.3 Å². The van der Waals surface area contributed by atoms with Crippen molar-refractivity contribution in [3.8, 4) is 0 Å². The average Bonchev–Trinajstić information content (AvgIpc) is 3.10. The van der Waals surface area contributed by atoms with E-state index in [1.807, 2.05) is 42.9 Å². The highest BCUT2D eigenvalue weighted by atomic mass is 32.2. The zero-order valence-electron chi connectivity index (χ0n) is 17.9. The number of fused-ring (bicyclic) bond motifs is 3. The Morgan fingerprint density at radius 3 is 2.75 bits per heavy atom. The summed E-state index contributed by atoms with van der Waals surface area (Å²) in [7, 11) is -1.87. The van der Waals surface area contributed by atoms with Gasteiger partial charge in [0, 0.05) is 36.8 Å². The van der Waals surface area contributed by atoms with Gasteiger partial charge in [0.05, 0.1) is 36.3 Å². The summed E-state index contributed by atoms with van der Waals surface area (Å²) < 4.78 is 38.4. The fourth-order valence-electron chi connectivity index (χ4n) is 4.10. The number of aromatic nitrogens is 3. The number of hydrogen-bond donors (Lipinski definition) is 0. The predicted octanol–water partition coefficient (Wildman–Crippen LogP) is 3.04. The molecule has 0 spiro atoms. The van der Waals surface area contributed by atoms with Crippen LogP contribution >= 0.6 is 0 Å². The number of rotatable bonds is 5. The van der Waals surface area contributed by atoms with Crippen LogP contribution in [0.1, 0.15) is 5.56 Å². The van der Waals surface area contributed by atoms with Gasteiger partial charge in [-0.1, -0.05) is 17.7 Å². The highest BCUT2D eigenvalue weighted by Crippen LogP contribution is 2.29. The standard InChI is InChI=1S/C23H24N4O4S/c1-16-3-5-18(6-4-16)32(28,29)31-15-17-14-30-12-11-27(17)22-8-7-19-20-13-24-10-9-21(20)26(2)23(19)25-22/h3-10,13,17H,11-12,14-15H2,1-2H3. The van der Waals surface area contributed by atoms with Crippen LogP contribution in [0.3, 0.4) is 0 Å². The minimum absolute atomic E-state index is 0.0189. The van der Waals surface area contributed by atoms with Crippen LogP contribution in [-0.4, -0.2) is 55.4 Å². The average molecular weight is 453 g/mol. The third-order valence-corrected chi connectivity index (χ3v) is 7.17. The van der Waals surface area contributed by atoms with Crippen LogP contribution in [0, 0.1) is 6.92 Å². The maximum absolute atomic E-state index is 12.6. The number of morpholine rings is 1. The first kappa shape index (κ1) is 20.9. The monoisotopic (exact) mass is 452 g/mol. The van der Waals surface area contributed by atoms with Gasteiger partial charge in [-0.2, -0.15) is 8.42 Å². The van der Waals surface area contributed by atoms with E-state index in [2.05, 4.69) is 9.88 Å². The summed E-state index contributed by atoms with van der Waals surface area (Å²) in [6, 6.07) is 12.3. The predicted molar refractivity (Wildman–Crippen MR) is 122 cm³/mol. The van der Waals surface area contributed by atoms with E-state index in [0.29, 0.717) is 19.8 Å². The lowest BCUT2D eigenvalue weighted by molar-refractivity contribution is 0.0776. The molecule has 1 saturated heterocycles. The highest BCUT2D eigenvalue weighted by molar-refractivity contribution is 7.86. The quantitative estimate of drug-likeness (QED) is 0.430. The van der Waals surface area contributed by atoms with Crippen molar-refractivity contribution < 1.29 is 17.3 Å². The van der Waals surface area contributed by atoms with Gasteiger partial charge < -0.3 is 14.2 Å². The smallest absolute Gasteiger partial charge is 0.297 e. The molecule has 0 amide bonds. The highest BCUT2D eigenvalue weighted by Gasteiger charge is 2.28. The molecule has 1 atom stereocenters. The van der Waals surface area contributed by atoms with Gasteiger partial charge in [0.15, 0.2) is 0 Å². The van der Waals surface area contributed by atoms with Crippen LogP contribution in [0.25, 0.3) is 21.9 Å². The fraction of sp³-hybridized carbons (Fsp3) is 0.304. The fourth-order valence-corrected chi connectivity index (χ4v) is 5.04. The molecule has 8 nitrogen and oxygen atoms in total. The zero-order chi connectivity index (χ0) is 22.3. The molecule has 9 heteroatoms. The molecule has 32 heavy (non-hydrogen) atoms. The second-order valence-corrected chi connectivity index (χ2v) is 9.58. The molecular formula is C23H24N4O4S. The second kappa shape index (κ2) is 8.16. The van der Waals surface area contributed by atoms with Gasteiger partial charge in [0.25, 0.3) is 10.1 Å². The normalized spacial score (nSPS) is 17.3. The summed E-state index contributed by atoms with van der Waals surface area (Å²) in [6.07, 6.45) is 3.62. The van der Waals surface area contributed by atoms with Crippen molar-refractivity contribution in [1.82, 2.24) is 14.5 Å².